The second kappa shape index (κ2) is 11.5. The molecule has 0 bridgehead atoms. The van der Waals surface area contributed by atoms with Gasteiger partial charge in [0.15, 0.2) is 0 Å². The van der Waals surface area contributed by atoms with Crippen LogP contribution in [0.3, 0.4) is 0 Å². The standard InChI is InChI=1S/C22H24N4O8/c1-11(27)18(21(31)26-34)25-20(30)15-8-4-13(5-9-15)12-2-6-14(7-3-12)19(29)24-16(22(32)33)10-17(23)28/h2-9,11,16,18,27,34H,10H2,1H3,(H2,23,28)(H,24,29)(H,25,30)(H,26,31)(H,32,33)/t11-,16?,18+/m1/s1. The molecule has 2 rings (SSSR count). The summed E-state index contributed by atoms with van der Waals surface area (Å²) in [5.41, 5.74) is 8.13. The number of carboxylic acids is 1. The quantitative estimate of drug-likeness (QED) is 0.175. The lowest BCUT2D eigenvalue weighted by atomic mass is 10.0. The second-order valence-electron chi connectivity index (χ2n) is 7.36. The molecule has 34 heavy (non-hydrogen) atoms. The van der Waals surface area contributed by atoms with Crippen molar-refractivity contribution >= 4 is 29.6 Å². The van der Waals surface area contributed by atoms with E-state index in [4.69, 9.17) is 16.0 Å². The molecule has 180 valence electrons. The fraction of sp³-hybridized carbons (Fsp3) is 0.227. The molecule has 3 atom stereocenters. The van der Waals surface area contributed by atoms with Crippen molar-refractivity contribution in [3.63, 3.8) is 0 Å². The number of nitrogens with two attached hydrogens (primary N) is 1. The lowest BCUT2D eigenvalue weighted by molar-refractivity contribution is -0.141. The maximum Gasteiger partial charge on any atom is 0.326 e. The monoisotopic (exact) mass is 472 g/mol. The van der Waals surface area contributed by atoms with Crippen LogP contribution in [0.25, 0.3) is 11.1 Å². The zero-order chi connectivity index (χ0) is 25.4. The van der Waals surface area contributed by atoms with Crippen molar-refractivity contribution in [3.05, 3.63) is 59.7 Å². The van der Waals surface area contributed by atoms with Gasteiger partial charge < -0.3 is 26.6 Å². The van der Waals surface area contributed by atoms with Gasteiger partial charge in [0.1, 0.15) is 12.1 Å². The topological polar surface area (TPSA) is 208 Å². The first-order valence-electron chi connectivity index (χ1n) is 9.98. The van der Waals surface area contributed by atoms with Crippen molar-refractivity contribution in [2.45, 2.75) is 31.5 Å². The fourth-order valence-electron chi connectivity index (χ4n) is 2.97. The average Bonchev–Trinajstić information content (AvgIpc) is 2.81. The van der Waals surface area contributed by atoms with Crippen LogP contribution < -0.4 is 21.8 Å². The summed E-state index contributed by atoms with van der Waals surface area (Å²) in [6.07, 6.45) is -1.78. The Kier molecular flexibility index (Phi) is 8.81. The number of hydroxylamine groups is 1. The highest BCUT2D eigenvalue weighted by atomic mass is 16.5. The number of rotatable bonds is 10. The summed E-state index contributed by atoms with van der Waals surface area (Å²) < 4.78 is 0. The Morgan fingerprint density at radius 3 is 1.65 bits per heavy atom. The molecule has 4 amide bonds. The van der Waals surface area contributed by atoms with Crippen molar-refractivity contribution in [3.8, 4) is 11.1 Å². The Hall–Kier alpha value is -4.29. The highest BCUT2D eigenvalue weighted by Crippen LogP contribution is 2.21. The maximum atomic E-state index is 12.4. The molecule has 0 fully saturated rings. The second-order valence-corrected chi connectivity index (χ2v) is 7.36. The Balaban J connectivity index is 2.09. The van der Waals surface area contributed by atoms with Crippen molar-refractivity contribution in [2.75, 3.05) is 0 Å². The molecular weight excluding hydrogens is 448 g/mol. The highest BCUT2D eigenvalue weighted by molar-refractivity contribution is 5.99. The molecule has 0 heterocycles. The molecular formula is C22H24N4O8. The van der Waals surface area contributed by atoms with E-state index >= 15 is 0 Å². The van der Waals surface area contributed by atoms with E-state index in [-0.39, 0.29) is 11.1 Å². The molecule has 2 aromatic carbocycles. The molecule has 0 aliphatic rings. The van der Waals surface area contributed by atoms with Gasteiger partial charge >= 0.3 is 5.97 Å². The zero-order valence-electron chi connectivity index (χ0n) is 18.0. The SMILES string of the molecule is C[C@@H](O)[C@H](NC(=O)c1ccc(-c2ccc(C(=O)NC(CC(N)=O)C(=O)O)cc2)cc1)C(=O)NO. The number of carbonyl (C=O) groups is 5. The summed E-state index contributed by atoms with van der Waals surface area (Å²) in [5, 5.41) is 32.0. The van der Waals surface area contributed by atoms with E-state index in [2.05, 4.69) is 10.6 Å². The van der Waals surface area contributed by atoms with Crippen LogP contribution >= 0.6 is 0 Å². The molecule has 0 aliphatic carbocycles. The van der Waals surface area contributed by atoms with Crippen LogP contribution in [0.4, 0.5) is 0 Å². The highest BCUT2D eigenvalue weighted by Gasteiger charge is 2.26. The molecule has 8 N–H and O–H groups in total. The fourth-order valence-corrected chi connectivity index (χ4v) is 2.97. The van der Waals surface area contributed by atoms with Gasteiger partial charge in [-0.3, -0.25) is 24.4 Å². The van der Waals surface area contributed by atoms with E-state index in [1.54, 1.807) is 24.3 Å². The predicted molar refractivity (Wildman–Crippen MR) is 117 cm³/mol. The van der Waals surface area contributed by atoms with Gasteiger partial charge in [-0.05, 0) is 42.3 Å². The first-order chi connectivity index (χ1) is 16.0. The number of carboxylic acid groups (broad SMARTS) is 1. The summed E-state index contributed by atoms with van der Waals surface area (Å²) in [4.78, 5) is 58.3. The minimum absolute atomic E-state index is 0.168. The molecule has 12 heteroatoms. The summed E-state index contributed by atoms with van der Waals surface area (Å²) in [6, 6.07) is 9.60. The predicted octanol–water partition coefficient (Wildman–Crippen LogP) is -0.603. The number of aliphatic hydroxyl groups is 1. The van der Waals surface area contributed by atoms with Gasteiger partial charge in [0.2, 0.25) is 5.91 Å². The number of aliphatic hydroxyl groups excluding tert-OH is 1. The van der Waals surface area contributed by atoms with Gasteiger partial charge in [-0.2, -0.15) is 0 Å². The minimum Gasteiger partial charge on any atom is -0.480 e. The summed E-state index contributed by atoms with van der Waals surface area (Å²) in [7, 11) is 0. The van der Waals surface area contributed by atoms with Crippen LogP contribution in [0.15, 0.2) is 48.5 Å². The van der Waals surface area contributed by atoms with E-state index in [0.717, 1.165) is 0 Å². The first-order valence-corrected chi connectivity index (χ1v) is 9.98. The third-order valence-electron chi connectivity index (χ3n) is 4.80. The Labute approximate surface area is 193 Å². The molecule has 1 unspecified atom stereocenters. The summed E-state index contributed by atoms with van der Waals surface area (Å²) in [6.45, 7) is 1.28. The molecule has 0 radical (unpaired) electrons. The number of hydrogen-bond acceptors (Lipinski definition) is 7. The molecule has 2 aromatic rings. The molecule has 0 saturated carbocycles. The number of benzene rings is 2. The first kappa shape index (κ1) is 26.0. The van der Waals surface area contributed by atoms with E-state index in [1.807, 2.05) is 0 Å². The van der Waals surface area contributed by atoms with E-state index < -0.39 is 54.2 Å². The molecule has 0 saturated heterocycles. The normalized spacial score (nSPS) is 13.1. The van der Waals surface area contributed by atoms with Crippen LogP contribution in [0.1, 0.15) is 34.1 Å². The van der Waals surface area contributed by atoms with Gasteiger partial charge in [0.05, 0.1) is 12.5 Å². The lowest BCUT2D eigenvalue weighted by Crippen LogP contribution is -2.51. The van der Waals surface area contributed by atoms with Gasteiger partial charge in [0, 0.05) is 11.1 Å². The molecule has 12 nitrogen and oxygen atoms in total. The van der Waals surface area contributed by atoms with Crippen molar-refractivity contribution in [1.82, 2.24) is 16.1 Å². The molecule has 0 aliphatic heterocycles. The third-order valence-corrected chi connectivity index (χ3v) is 4.80. The number of primary amides is 1. The van der Waals surface area contributed by atoms with Gasteiger partial charge in [0.25, 0.3) is 17.7 Å². The zero-order valence-corrected chi connectivity index (χ0v) is 18.0. The maximum absolute atomic E-state index is 12.4. The smallest absolute Gasteiger partial charge is 0.326 e. The van der Waals surface area contributed by atoms with Crippen molar-refractivity contribution in [1.29, 1.82) is 0 Å². The molecule has 0 aromatic heterocycles. The number of carbonyl (C=O) groups excluding carboxylic acids is 4. The minimum atomic E-state index is -1.44. The van der Waals surface area contributed by atoms with Crippen LogP contribution in [-0.4, -0.2) is 63.2 Å². The van der Waals surface area contributed by atoms with Crippen LogP contribution in [-0.2, 0) is 14.4 Å². The van der Waals surface area contributed by atoms with E-state index in [1.165, 1.54) is 36.7 Å². The van der Waals surface area contributed by atoms with E-state index in [0.29, 0.717) is 11.1 Å². The van der Waals surface area contributed by atoms with Gasteiger partial charge in [-0.25, -0.2) is 10.3 Å². The Morgan fingerprint density at radius 1 is 0.853 bits per heavy atom. The summed E-state index contributed by atoms with van der Waals surface area (Å²) >= 11 is 0. The number of hydrogen-bond donors (Lipinski definition) is 7. The Morgan fingerprint density at radius 2 is 1.29 bits per heavy atom. The third kappa shape index (κ3) is 6.85. The van der Waals surface area contributed by atoms with Crippen molar-refractivity contribution in [2.24, 2.45) is 5.73 Å². The van der Waals surface area contributed by atoms with Gasteiger partial charge in [-0.1, -0.05) is 24.3 Å². The van der Waals surface area contributed by atoms with Crippen LogP contribution in [0.5, 0.6) is 0 Å². The number of aliphatic carboxylic acids is 1. The Bertz CT molecular complexity index is 1070. The number of amides is 4. The van der Waals surface area contributed by atoms with Crippen LogP contribution in [0, 0.1) is 0 Å². The lowest BCUT2D eigenvalue weighted by Gasteiger charge is -2.19. The molecule has 0 spiro atoms. The summed E-state index contributed by atoms with van der Waals surface area (Å²) in [5.74, 6) is -4.54. The van der Waals surface area contributed by atoms with Crippen LogP contribution in [0.2, 0.25) is 0 Å². The largest absolute Gasteiger partial charge is 0.480 e. The number of nitrogens with one attached hydrogen (secondary N) is 3. The average molecular weight is 472 g/mol. The van der Waals surface area contributed by atoms with Crippen molar-refractivity contribution < 1.29 is 39.4 Å². The van der Waals surface area contributed by atoms with Gasteiger partial charge in [-0.15, -0.1) is 0 Å². The van der Waals surface area contributed by atoms with E-state index in [9.17, 15) is 29.1 Å².